The molecule has 1 aliphatic rings. The van der Waals surface area contributed by atoms with Crippen LogP contribution in [0.2, 0.25) is 5.02 Å². The van der Waals surface area contributed by atoms with Crippen LogP contribution in [0.25, 0.3) is 6.08 Å². The van der Waals surface area contributed by atoms with Crippen molar-refractivity contribution in [3.8, 4) is 0 Å². The summed E-state index contributed by atoms with van der Waals surface area (Å²) in [5, 5.41) is 12.8. The lowest BCUT2D eigenvalue weighted by Crippen LogP contribution is -2.40. The summed E-state index contributed by atoms with van der Waals surface area (Å²) in [7, 11) is 0. The van der Waals surface area contributed by atoms with Gasteiger partial charge in [0.2, 0.25) is 0 Å². The Morgan fingerprint density at radius 2 is 1.98 bits per heavy atom. The number of nitrogens with zero attached hydrogens (tertiary/aromatic N) is 3. The van der Waals surface area contributed by atoms with Crippen LogP contribution in [-0.4, -0.2) is 21.6 Å². The molecule has 0 saturated carbocycles. The number of furan rings is 1. The molecule has 0 fully saturated rings. The van der Waals surface area contributed by atoms with E-state index in [2.05, 4.69) is 4.99 Å². The number of nitro benzene ring substituents is 1. The average molecular weight is 596 g/mol. The molecule has 40 heavy (non-hydrogen) atoms. The van der Waals surface area contributed by atoms with Crippen molar-refractivity contribution in [3.63, 3.8) is 0 Å². The molecule has 12 heteroatoms. The molecule has 2 aromatic carbocycles. The third-order valence-corrected chi connectivity index (χ3v) is 8.05. The topological polar surface area (TPSA) is 117 Å². The van der Waals surface area contributed by atoms with Gasteiger partial charge in [0.05, 0.1) is 32.9 Å². The molecule has 0 unspecified atom stereocenters. The number of allylic oxidation sites excluding steroid dienone is 1. The third kappa shape index (κ3) is 5.67. The van der Waals surface area contributed by atoms with Crippen molar-refractivity contribution in [1.82, 2.24) is 4.57 Å². The molecular formula is C28H22ClN3O6S2. The van der Waals surface area contributed by atoms with Gasteiger partial charge in [-0.05, 0) is 62.7 Å². The Morgan fingerprint density at radius 3 is 2.67 bits per heavy atom. The Hall–Kier alpha value is -3.93. The van der Waals surface area contributed by atoms with Crippen molar-refractivity contribution in [2.45, 2.75) is 42.9 Å². The Balaban J connectivity index is 1.59. The van der Waals surface area contributed by atoms with Crippen LogP contribution in [0.3, 0.4) is 0 Å². The quantitative estimate of drug-likeness (QED) is 0.157. The molecule has 0 bridgehead atoms. The van der Waals surface area contributed by atoms with E-state index >= 15 is 0 Å². The van der Waals surface area contributed by atoms with Gasteiger partial charge in [0.1, 0.15) is 5.76 Å². The van der Waals surface area contributed by atoms with E-state index < -0.39 is 28.6 Å². The number of aromatic nitrogens is 1. The van der Waals surface area contributed by atoms with Gasteiger partial charge in [-0.3, -0.25) is 19.5 Å². The maximum Gasteiger partial charge on any atom is 0.338 e. The summed E-state index contributed by atoms with van der Waals surface area (Å²) in [6.45, 7) is 5.09. The molecule has 1 aliphatic heterocycles. The molecule has 5 rings (SSSR count). The van der Waals surface area contributed by atoms with Gasteiger partial charge in [-0.2, -0.15) is 0 Å². The highest BCUT2D eigenvalue weighted by Gasteiger charge is 2.34. The van der Waals surface area contributed by atoms with Crippen molar-refractivity contribution < 1.29 is 18.9 Å². The van der Waals surface area contributed by atoms with E-state index in [1.54, 1.807) is 57.2 Å². The Morgan fingerprint density at radius 1 is 1.23 bits per heavy atom. The lowest BCUT2D eigenvalue weighted by molar-refractivity contribution is -0.384. The summed E-state index contributed by atoms with van der Waals surface area (Å²) in [6, 6.07) is 15.8. The normalized spacial score (nSPS) is 15.2. The molecule has 204 valence electrons. The molecule has 0 radical (unpaired) electrons. The first-order valence-electron chi connectivity index (χ1n) is 12.1. The van der Waals surface area contributed by atoms with Crippen LogP contribution >= 0.6 is 34.7 Å². The molecule has 9 nitrogen and oxygen atoms in total. The maximum absolute atomic E-state index is 13.8. The standard InChI is InChI=1S/C28H22ClN3O6S2/c1-15(2)37-27(34)24-16(3)30-28-31(25(24)17-5-4-6-19(13-17)32(35)36)26(33)22(40-28)14-20-9-12-23(38-20)39-21-10-7-18(29)8-11-21/h4-15,25H,1-3H3/b22-14+/t25-/m1/s1. The van der Waals surface area contributed by atoms with Gasteiger partial charge in [-0.25, -0.2) is 9.79 Å². The van der Waals surface area contributed by atoms with E-state index in [1.165, 1.54) is 34.5 Å². The molecule has 0 aliphatic carbocycles. The van der Waals surface area contributed by atoms with Crippen molar-refractivity contribution in [1.29, 1.82) is 0 Å². The summed E-state index contributed by atoms with van der Waals surface area (Å²) in [4.78, 5) is 43.8. The number of rotatable bonds is 7. The van der Waals surface area contributed by atoms with Gasteiger partial charge in [0, 0.05) is 28.1 Å². The second-order valence-corrected chi connectivity index (χ2v) is 11.6. The van der Waals surface area contributed by atoms with Crippen LogP contribution in [0, 0.1) is 10.1 Å². The molecule has 0 amide bonds. The molecule has 2 aromatic heterocycles. The van der Waals surface area contributed by atoms with Gasteiger partial charge < -0.3 is 9.15 Å². The summed E-state index contributed by atoms with van der Waals surface area (Å²) < 4.78 is 13.1. The minimum atomic E-state index is -0.961. The van der Waals surface area contributed by atoms with E-state index in [0.29, 0.717) is 36.5 Å². The summed E-state index contributed by atoms with van der Waals surface area (Å²) in [5.74, 6) is -0.180. The number of benzene rings is 2. The monoisotopic (exact) mass is 595 g/mol. The number of esters is 1. The number of fused-ring (bicyclic) bond motifs is 1. The maximum atomic E-state index is 13.8. The van der Waals surface area contributed by atoms with Crippen LogP contribution < -0.4 is 14.9 Å². The zero-order valence-electron chi connectivity index (χ0n) is 21.5. The lowest BCUT2D eigenvalue weighted by Gasteiger charge is -2.25. The van der Waals surface area contributed by atoms with Crippen LogP contribution in [0.5, 0.6) is 0 Å². The van der Waals surface area contributed by atoms with E-state index in [1.807, 2.05) is 12.1 Å². The van der Waals surface area contributed by atoms with Gasteiger partial charge in [0.25, 0.3) is 11.2 Å². The fraction of sp³-hybridized carbons (Fsp3) is 0.179. The Kier molecular flexibility index (Phi) is 7.79. The lowest BCUT2D eigenvalue weighted by atomic mass is 9.95. The van der Waals surface area contributed by atoms with Crippen LogP contribution in [-0.2, 0) is 9.53 Å². The summed E-state index contributed by atoms with van der Waals surface area (Å²) >= 11 is 8.51. The van der Waals surface area contributed by atoms with Crippen LogP contribution in [0.1, 0.15) is 38.1 Å². The number of nitro groups is 1. The summed E-state index contributed by atoms with van der Waals surface area (Å²) in [6.07, 6.45) is 1.20. The van der Waals surface area contributed by atoms with Crippen molar-refractivity contribution >= 4 is 52.4 Å². The van der Waals surface area contributed by atoms with E-state index in [0.717, 1.165) is 16.2 Å². The SMILES string of the molecule is CC1=C(C(=O)OC(C)C)[C@@H](c2cccc([N+](=O)[O-])c2)n2c(s/c(=C/c3ccc(Sc4ccc(Cl)cc4)o3)c2=O)=N1. The van der Waals surface area contributed by atoms with Gasteiger partial charge >= 0.3 is 5.97 Å². The molecule has 0 spiro atoms. The van der Waals surface area contributed by atoms with Crippen LogP contribution in [0.15, 0.2) is 96.1 Å². The minimum Gasteiger partial charge on any atom is -0.459 e. The fourth-order valence-corrected chi connectivity index (χ4v) is 6.13. The first-order chi connectivity index (χ1) is 19.1. The minimum absolute atomic E-state index is 0.146. The van der Waals surface area contributed by atoms with E-state index in [-0.39, 0.29) is 11.3 Å². The second kappa shape index (κ2) is 11.3. The fourth-order valence-electron chi connectivity index (χ4n) is 4.20. The molecule has 0 N–H and O–H groups in total. The van der Waals surface area contributed by atoms with E-state index in [4.69, 9.17) is 20.8 Å². The highest BCUT2D eigenvalue weighted by Crippen LogP contribution is 2.33. The first kappa shape index (κ1) is 27.6. The molecule has 4 aromatic rings. The number of non-ortho nitro benzene ring substituents is 1. The number of hydrogen-bond donors (Lipinski definition) is 0. The van der Waals surface area contributed by atoms with Crippen molar-refractivity contribution in [2.75, 3.05) is 0 Å². The number of halogens is 1. The first-order valence-corrected chi connectivity index (χ1v) is 14.1. The average Bonchev–Trinajstić information content (AvgIpc) is 3.47. The highest BCUT2D eigenvalue weighted by atomic mass is 35.5. The molecule has 0 saturated heterocycles. The zero-order chi connectivity index (χ0) is 28.6. The van der Waals surface area contributed by atoms with Crippen LogP contribution in [0.4, 0.5) is 5.69 Å². The third-order valence-electron chi connectivity index (χ3n) is 5.89. The highest BCUT2D eigenvalue weighted by molar-refractivity contribution is 7.99. The number of carbonyl (C=O) groups excluding carboxylic acids is 1. The number of thiazole rings is 1. The van der Waals surface area contributed by atoms with Gasteiger partial charge in [-0.15, -0.1) is 0 Å². The smallest absolute Gasteiger partial charge is 0.338 e. The van der Waals surface area contributed by atoms with Gasteiger partial charge in [0.15, 0.2) is 9.89 Å². The predicted molar refractivity (Wildman–Crippen MR) is 152 cm³/mol. The molecule has 1 atom stereocenters. The van der Waals surface area contributed by atoms with E-state index in [9.17, 15) is 19.7 Å². The van der Waals surface area contributed by atoms with Crippen molar-refractivity contribution in [3.05, 3.63) is 118 Å². The molecular weight excluding hydrogens is 574 g/mol. The summed E-state index contributed by atoms with van der Waals surface area (Å²) in [5.41, 5.74) is 0.340. The zero-order valence-corrected chi connectivity index (χ0v) is 23.9. The second-order valence-electron chi connectivity index (χ2n) is 9.10. The number of hydrogen-bond acceptors (Lipinski definition) is 9. The Labute approximate surface area is 241 Å². The van der Waals surface area contributed by atoms with Gasteiger partial charge in [-0.1, -0.05) is 46.8 Å². The predicted octanol–water partition coefficient (Wildman–Crippen LogP) is 5.49. The number of carbonyl (C=O) groups is 1. The Bertz CT molecular complexity index is 1840. The van der Waals surface area contributed by atoms with Crippen molar-refractivity contribution in [2.24, 2.45) is 4.99 Å². The molecule has 3 heterocycles. The largest absolute Gasteiger partial charge is 0.459 e. The number of ether oxygens (including phenoxy) is 1.